The Morgan fingerprint density at radius 1 is 1.38 bits per heavy atom. The average Bonchev–Trinajstić information content (AvgIpc) is 2.92. The van der Waals surface area contributed by atoms with Gasteiger partial charge in [0.1, 0.15) is 10.8 Å². The molecule has 7 nitrogen and oxygen atoms in total. The van der Waals surface area contributed by atoms with Crippen LogP contribution in [0.2, 0.25) is 0 Å². The summed E-state index contributed by atoms with van der Waals surface area (Å²) in [5.74, 6) is 0.503. The van der Waals surface area contributed by atoms with Crippen molar-refractivity contribution in [1.29, 1.82) is 0 Å². The van der Waals surface area contributed by atoms with E-state index in [1.807, 2.05) is 13.2 Å². The number of anilines is 1. The Kier molecular flexibility index (Phi) is 5.76. The number of nitrogens with one attached hydrogen (secondary N) is 1. The number of pyridine rings is 1. The normalized spacial score (nSPS) is 10.6. The number of hydrogen-bond donors (Lipinski definition) is 1. The Balaban J connectivity index is 2.24. The summed E-state index contributed by atoms with van der Waals surface area (Å²) in [5, 5.41) is 22.6. The molecule has 21 heavy (non-hydrogen) atoms. The largest absolute Gasteiger partial charge is 0.370 e. The van der Waals surface area contributed by atoms with Crippen LogP contribution >= 0.6 is 34.9 Å². The third-order valence-electron chi connectivity index (χ3n) is 2.31. The predicted molar refractivity (Wildman–Crippen MR) is 85.5 cm³/mol. The smallest absolute Gasteiger partial charge is 0.275 e. The van der Waals surface area contributed by atoms with E-state index in [4.69, 9.17) is 0 Å². The SMILES string of the molecule is CCCNc1cc([N+](=O)[O-])cc(Sc2nnc(SC)s2)n1. The second kappa shape index (κ2) is 7.57. The van der Waals surface area contributed by atoms with Crippen molar-refractivity contribution in [3.8, 4) is 0 Å². The fourth-order valence-corrected chi connectivity index (χ4v) is 3.81. The Hall–Kier alpha value is -1.39. The van der Waals surface area contributed by atoms with E-state index in [1.165, 1.54) is 47.0 Å². The number of rotatable bonds is 7. The highest BCUT2D eigenvalue weighted by molar-refractivity contribution is 8.02. The molecule has 0 aliphatic carbocycles. The molecule has 0 radical (unpaired) electrons. The van der Waals surface area contributed by atoms with Crippen molar-refractivity contribution >= 4 is 46.4 Å². The topological polar surface area (TPSA) is 93.8 Å². The van der Waals surface area contributed by atoms with Gasteiger partial charge in [-0.3, -0.25) is 10.1 Å². The van der Waals surface area contributed by atoms with Crippen LogP contribution in [-0.2, 0) is 0 Å². The lowest BCUT2D eigenvalue weighted by molar-refractivity contribution is -0.385. The van der Waals surface area contributed by atoms with Crippen LogP contribution in [0.3, 0.4) is 0 Å². The fraction of sp³-hybridized carbons (Fsp3) is 0.364. The monoisotopic (exact) mass is 343 g/mol. The highest BCUT2D eigenvalue weighted by Gasteiger charge is 2.14. The molecule has 2 rings (SSSR count). The van der Waals surface area contributed by atoms with Gasteiger partial charge in [-0.05, 0) is 24.4 Å². The van der Waals surface area contributed by atoms with Crippen molar-refractivity contribution in [1.82, 2.24) is 15.2 Å². The van der Waals surface area contributed by atoms with Gasteiger partial charge in [0, 0.05) is 12.6 Å². The van der Waals surface area contributed by atoms with E-state index in [2.05, 4.69) is 20.5 Å². The molecule has 0 aliphatic heterocycles. The van der Waals surface area contributed by atoms with E-state index in [-0.39, 0.29) is 5.69 Å². The quantitative estimate of drug-likeness (QED) is 0.463. The standard InChI is InChI=1S/C11H13N5O2S3/c1-3-4-12-8-5-7(16(17)18)6-9(13-8)20-11-15-14-10(19-2)21-11/h5-6H,3-4H2,1-2H3,(H,12,13). The highest BCUT2D eigenvalue weighted by Crippen LogP contribution is 2.34. The molecule has 0 saturated carbocycles. The Labute approximate surface area is 134 Å². The molecule has 0 bridgehead atoms. The van der Waals surface area contributed by atoms with E-state index >= 15 is 0 Å². The maximum absolute atomic E-state index is 11.0. The van der Waals surface area contributed by atoms with Crippen LogP contribution in [0, 0.1) is 10.1 Å². The minimum absolute atomic E-state index is 0.0145. The van der Waals surface area contributed by atoms with Gasteiger partial charge in [-0.2, -0.15) is 0 Å². The molecule has 0 spiro atoms. The van der Waals surface area contributed by atoms with E-state index in [9.17, 15) is 10.1 Å². The fourth-order valence-electron chi connectivity index (χ4n) is 1.40. The second-order valence-corrected chi connectivity index (χ2v) is 7.17. The molecule has 1 N–H and O–H groups in total. The lowest BCUT2D eigenvalue weighted by Crippen LogP contribution is -2.03. The Morgan fingerprint density at radius 3 is 2.76 bits per heavy atom. The Bertz CT molecular complexity index is 634. The second-order valence-electron chi connectivity index (χ2n) is 3.87. The molecule has 2 aromatic rings. The van der Waals surface area contributed by atoms with Crippen LogP contribution in [0.5, 0.6) is 0 Å². The zero-order valence-electron chi connectivity index (χ0n) is 11.4. The van der Waals surface area contributed by atoms with Gasteiger partial charge in [-0.1, -0.05) is 30.0 Å². The van der Waals surface area contributed by atoms with Gasteiger partial charge in [0.05, 0.1) is 11.0 Å². The van der Waals surface area contributed by atoms with Crippen molar-refractivity contribution in [2.45, 2.75) is 27.0 Å². The summed E-state index contributed by atoms with van der Waals surface area (Å²) in [4.78, 5) is 14.9. The number of nitro groups is 1. The van der Waals surface area contributed by atoms with Gasteiger partial charge in [-0.25, -0.2) is 4.98 Å². The summed E-state index contributed by atoms with van der Waals surface area (Å²) in [6, 6.07) is 2.88. The number of hydrogen-bond acceptors (Lipinski definition) is 9. The third kappa shape index (κ3) is 4.55. The molecule has 2 heterocycles. The van der Waals surface area contributed by atoms with Crippen molar-refractivity contribution < 1.29 is 4.92 Å². The molecule has 0 aromatic carbocycles. The zero-order chi connectivity index (χ0) is 15.2. The van der Waals surface area contributed by atoms with Crippen LogP contribution in [0.1, 0.15) is 13.3 Å². The van der Waals surface area contributed by atoms with Crippen molar-refractivity contribution in [3.63, 3.8) is 0 Å². The lowest BCUT2D eigenvalue weighted by Gasteiger charge is -2.05. The summed E-state index contributed by atoms with van der Waals surface area (Å²) in [6.07, 6.45) is 2.84. The van der Waals surface area contributed by atoms with E-state index in [0.29, 0.717) is 21.7 Å². The molecule has 0 atom stereocenters. The molecular weight excluding hydrogens is 330 g/mol. The van der Waals surface area contributed by atoms with E-state index < -0.39 is 4.92 Å². The predicted octanol–water partition coefficient (Wildman–Crippen LogP) is 3.54. The summed E-state index contributed by atoms with van der Waals surface area (Å²) in [5.41, 5.74) is 0.0145. The molecule has 0 fully saturated rings. The maximum Gasteiger partial charge on any atom is 0.275 e. The van der Waals surface area contributed by atoms with E-state index in [0.717, 1.165) is 10.8 Å². The first-order valence-corrected chi connectivity index (χ1v) is 8.94. The summed E-state index contributed by atoms with van der Waals surface area (Å²) in [6.45, 7) is 2.74. The van der Waals surface area contributed by atoms with Crippen LogP contribution in [0.25, 0.3) is 0 Å². The minimum atomic E-state index is -0.420. The first-order chi connectivity index (χ1) is 10.1. The van der Waals surface area contributed by atoms with Gasteiger partial charge in [0.15, 0.2) is 8.68 Å². The van der Waals surface area contributed by atoms with Crippen LogP contribution < -0.4 is 5.32 Å². The van der Waals surface area contributed by atoms with Crippen molar-refractivity contribution in [2.75, 3.05) is 18.1 Å². The summed E-state index contributed by atoms with van der Waals surface area (Å²) in [7, 11) is 0. The molecular formula is C11H13N5O2S3. The summed E-state index contributed by atoms with van der Waals surface area (Å²) < 4.78 is 1.57. The van der Waals surface area contributed by atoms with Crippen LogP contribution in [-0.4, -0.2) is 32.9 Å². The molecule has 0 unspecified atom stereocenters. The lowest BCUT2D eigenvalue weighted by atomic mass is 10.4. The molecule has 10 heteroatoms. The maximum atomic E-state index is 11.0. The average molecular weight is 343 g/mol. The number of thioether (sulfide) groups is 1. The molecule has 112 valence electrons. The molecule has 2 aromatic heterocycles. The molecule has 0 aliphatic rings. The van der Waals surface area contributed by atoms with Crippen molar-refractivity contribution in [2.24, 2.45) is 0 Å². The number of nitrogens with zero attached hydrogens (tertiary/aromatic N) is 4. The first-order valence-electron chi connectivity index (χ1n) is 6.08. The van der Waals surface area contributed by atoms with Gasteiger partial charge in [-0.15, -0.1) is 10.2 Å². The summed E-state index contributed by atoms with van der Waals surface area (Å²) >= 11 is 4.23. The van der Waals surface area contributed by atoms with Crippen LogP contribution in [0.15, 0.2) is 25.8 Å². The zero-order valence-corrected chi connectivity index (χ0v) is 13.8. The van der Waals surface area contributed by atoms with Gasteiger partial charge >= 0.3 is 0 Å². The molecule has 0 saturated heterocycles. The van der Waals surface area contributed by atoms with Crippen LogP contribution in [0.4, 0.5) is 11.5 Å². The minimum Gasteiger partial charge on any atom is -0.370 e. The van der Waals surface area contributed by atoms with E-state index in [1.54, 1.807) is 0 Å². The Morgan fingerprint density at radius 2 is 2.14 bits per heavy atom. The molecule has 0 amide bonds. The first kappa shape index (κ1) is 16.0. The van der Waals surface area contributed by atoms with Gasteiger partial charge < -0.3 is 5.32 Å². The van der Waals surface area contributed by atoms with Gasteiger partial charge in [0.2, 0.25) is 0 Å². The highest BCUT2D eigenvalue weighted by atomic mass is 32.2. The third-order valence-corrected chi connectivity index (χ3v) is 5.18. The van der Waals surface area contributed by atoms with Gasteiger partial charge in [0.25, 0.3) is 5.69 Å². The van der Waals surface area contributed by atoms with Crippen molar-refractivity contribution in [3.05, 3.63) is 22.2 Å². The number of aromatic nitrogens is 3.